The van der Waals surface area contributed by atoms with E-state index in [0.717, 1.165) is 0 Å². The molecule has 2 aromatic rings. The molecular weight excluding hydrogens is 362 g/mol. The third kappa shape index (κ3) is 3.99. The molecule has 0 spiro atoms. The number of sulfonamides is 1. The van der Waals surface area contributed by atoms with E-state index >= 15 is 0 Å². The highest BCUT2D eigenvalue weighted by Gasteiger charge is 2.20. The number of rotatable bonds is 5. The molecule has 21 heavy (non-hydrogen) atoms. The van der Waals surface area contributed by atoms with E-state index in [1.165, 1.54) is 24.4 Å². The van der Waals surface area contributed by atoms with Crippen molar-refractivity contribution in [2.75, 3.05) is 4.72 Å². The number of nitro groups is 1. The van der Waals surface area contributed by atoms with Crippen LogP contribution in [0.15, 0.2) is 47.1 Å². The van der Waals surface area contributed by atoms with Crippen molar-refractivity contribution in [3.8, 4) is 0 Å². The molecule has 1 N–H and O–H groups in total. The summed E-state index contributed by atoms with van der Waals surface area (Å²) in [5.74, 6) is -0.372. The molecule has 0 unspecified atom stereocenters. The number of hydrogen-bond acceptors (Lipinski definition) is 5. The number of para-hydroxylation sites is 1. The standard InChI is InChI=1S/C12H10BrN3O4S/c13-10-5-3-7-14-12(10)15-21(19,20)8-9-4-1-2-6-11(9)16(17)18/h1-7H,8H2,(H,14,15). The van der Waals surface area contributed by atoms with Crippen molar-refractivity contribution < 1.29 is 13.3 Å². The van der Waals surface area contributed by atoms with Gasteiger partial charge in [0.2, 0.25) is 10.0 Å². The van der Waals surface area contributed by atoms with Crippen LogP contribution in [0.4, 0.5) is 11.5 Å². The summed E-state index contributed by atoms with van der Waals surface area (Å²) < 4.78 is 27.0. The maximum absolute atomic E-state index is 12.1. The molecule has 9 heteroatoms. The second kappa shape index (κ2) is 6.19. The third-order valence-electron chi connectivity index (χ3n) is 2.54. The van der Waals surface area contributed by atoms with Gasteiger partial charge in [-0.25, -0.2) is 13.4 Å². The number of hydrogen-bond donors (Lipinski definition) is 1. The highest BCUT2D eigenvalue weighted by molar-refractivity contribution is 9.10. The van der Waals surface area contributed by atoms with Crippen molar-refractivity contribution in [1.82, 2.24) is 4.98 Å². The Labute approximate surface area is 129 Å². The number of nitrogens with zero attached hydrogens (tertiary/aromatic N) is 2. The number of nitro benzene ring substituents is 1. The molecule has 0 aliphatic carbocycles. The fraction of sp³-hybridized carbons (Fsp3) is 0.0833. The number of benzene rings is 1. The van der Waals surface area contributed by atoms with Gasteiger partial charge in [-0.2, -0.15) is 0 Å². The third-order valence-corrected chi connectivity index (χ3v) is 4.38. The van der Waals surface area contributed by atoms with Gasteiger partial charge in [0.1, 0.15) is 5.75 Å². The Morgan fingerprint density at radius 3 is 2.62 bits per heavy atom. The zero-order valence-electron chi connectivity index (χ0n) is 10.6. The number of halogens is 1. The Bertz CT molecular complexity index is 780. The average Bonchev–Trinajstić information content (AvgIpc) is 2.41. The van der Waals surface area contributed by atoms with Gasteiger partial charge in [-0.15, -0.1) is 0 Å². The van der Waals surface area contributed by atoms with Crippen LogP contribution in [0.1, 0.15) is 5.56 Å². The molecule has 110 valence electrons. The van der Waals surface area contributed by atoms with Crippen LogP contribution in [0, 0.1) is 10.1 Å². The molecule has 0 saturated carbocycles. The van der Waals surface area contributed by atoms with Gasteiger partial charge in [0.25, 0.3) is 5.69 Å². The van der Waals surface area contributed by atoms with Gasteiger partial charge in [0.15, 0.2) is 5.82 Å². The maximum Gasteiger partial charge on any atom is 0.273 e. The van der Waals surface area contributed by atoms with Crippen molar-refractivity contribution in [2.24, 2.45) is 0 Å². The summed E-state index contributed by atoms with van der Waals surface area (Å²) >= 11 is 3.17. The summed E-state index contributed by atoms with van der Waals surface area (Å²) in [6, 6.07) is 8.98. The van der Waals surface area contributed by atoms with Crippen LogP contribution < -0.4 is 4.72 Å². The molecule has 1 aromatic heterocycles. The van der Waals surface area contributed by atoms with Crippen LogP contribution in [0.25, 0.3) is 0 Å². The van der Waals surface area contributed by atoms with Crippen LogP contribution in [0.2, 0.25) is 0 Å². The van der Waals surface area contributed by atoms with E-state index in [2.05, 4.69) is 25.6 Å². The van der Waals surface area contributed by atoms with Crippen molar-refractivity contribution >= 4 is 37.5 Å². The molecular formula is C12H10BrN3O4S. The van der Waals surface area contributed by atoms with E-state index in [1.54, 1.807) is 18.2 Å². The quantitative estimate of drug-likeness (QED) is 0.642. The van der Waals surface area contributed by atoms with Crippen molar-refractivity contribution in [2.45, 2.75) is 5.75 Å². The zero-order valence-corrected chi connectivity index (χ0v) is 13.0. The average molecular weight is 372 g/mol. The molecule has 1 aromatic carbocycles. The van der Waals surface area contributed by atoms with Gasteiger partial charge >= 0.3 is 0 Å². The summed E-state index contributed by atoms with van der Waals surface area (Å²) in [5.41, 5.74) is -0.120. The van der Waals surface area contributed by atoms with Gasteiger partial charge < -0.3 is 0 Å². The van der Waals surface area contributed by atoms with E-state index in [-0.39, 0.29) is 17.1 Å². The van der Waals surface area contributed by atoms with Gasteiger partial charge in [0.05, 0.1) is 9.40 Å². The summed E-state index contributed by atoms with van der Waals surface area (Å²) in [4.78, 5) is 14.2. The highest BCUT2D eigenvalue weighted by Crippen LogP contribution is 2.23. The number of nitrogens with one attached hydrogen (secondary N) is 1. The Morgan fingerprint density at radius 1 is 1.24 bits per heavy atom. The Hall–Kier alpha value is -2.00. The van der Waals surface area contributed by atoms with Gasteiger partial charge in [-0.05, 0) is 28.1 Å². The topological polar surface area (TPSA) is 102 Å². The summed E-state index contributed by atoms with van der Waals surface area (Å²) in [7, 11) is -3.81. The van der Waals surface area contributed by atoms with E-state index in [9.17, 15) is 18.5 Å². The Morgan fingerprint density at radius 2 is 1.95 bits per heavy atom. The van der Waals surface area contributed by atoms with Crippen LogP contribution in [-0.4, -0.2) is 18.3 Å². The Balaban J connectivity index is 2.27. The fourth-order valence-electron chi connectivity index (χ4n) is 1.66. The molecule has 0 aliphatic heterocycles. The van der Waals surface area contributed by atoms with Crippen LogP contribution in [0.5, 0.6) is 0 Å². The maximum atomic E-state index is 12.1. The lowest BCUT2D eigenvalue weighted by Crippen LogP contribution is -2.17. The minimum absolute atomic E-state index is 0.113. The lowest BCUT2D eigenvalue weighted by molar-refractivity contribution is -0.385. The lowest BCUT2D eigenvalue weighted by Gasteiger charge is -2.08. The number of pyridine rings is 1. The van der Waals surface area contributed by atoms with E-state index in [1.807, 2.05) is 0 Å². The normalized spacial score (nSPS) is 11.1. The molecule has 0 amide bonds. The second-order valence-electron chi connectivity index (χ2n) is 4.08. The number of aromatic nitrogens is 1. The summed E-state index contributed by atoms with van der Waals surface area (Å²) in [6.07, 6.45) is 1.44. The highest BCUT2D eigenvalue weighted by atomic mass is 79.9. The number of anilines is 1. The minimum atomic E-state index is -3.81. The SMILES string of the molecule is O=[N+]([O-])c1ccccc1CS(=O)(=O)Nc1ncccc1Br. The predicted octanol–water partition coefficient (Wildman–Crippen LogP) is 2.69. The lowest BCUT2D eigenvalue weighted by atomic mass is 10.2. The molecule has 0 radical (unpaired) electrons. The summed E-state index contributed by atoms with van der Waals surface area (Å²) in [6.45, 7) is 0. The van der Waals surface area contributed by atoms with Gasteiger partial charge in [0, 0.05) is 17.8 Å². The molecule has 0 atom stereocenters. The van der Waals surface area contributed by atoms with E-state index in [4.69, 9.17) is 0 Å². The van der Waals surface area contributed by atoms with Gasteiger partial charge in [-0.1, -0.05) is 18.2 Å². The molecule has 7 nitrogen and oxygen atoms in total. The molecule has 2 rings (SSSR count). The van der Waals surface area contributed by atoms with Crippen LogP contribution in [-0.2, 0) is 15.8 Å². The zero-order chi connectivity index (χ0) is 15.5. The molecule has 0 fully saturated rings. The predicted molar refractivity (Wildman–Crippen MR) is 81.3 cm³/mol. The molecule has 0 bridgehead atoms. The first-order valence-electron chi connectivity index (χ1n) is 5.72. The monoisotopic (exact) mass is 371 g/mol. The second-order valence-corrected chi connectivity index (χ2v) is 6.66. The van der Waals surface area contributed by atoms with Crippen molar-refractivity contribution in [3.05, 3.63) is 62.7 Å². The van der Waals surface area contributed by atoms with Crippen LogP contribution >= 0.6 is 15.9 Å². The molecule has 1 heterocycles. The molecule has 0 aliphatic rings. The van der Waals surface area contributed by atoms with Crippen molar-refractivity contribution in [1.29, 1.82) is 0 Å². The summed E-state index contributed by atoms with van der Waals surface area (Å²) in [5, 5.41) is 10.9. The van der Waals surface area contributed by atoms with E-state index in [0.29, 0.717) is 4.47 Å². The van der Waals surface area contributed by atoms with Crippen molar-refractivity contribution in [3.63, 3.8) is 0 Å². The first-order valence-corrected chi connectivity index (χ1v) is 8.17. The largest absolute Gasteiger partial charge is 0.273 e. The first kappa shape index (κ1) is 15.4. The fourth-order valence-corrected chi connectivity index (χ4v) is 3.33. The smallest absolute Gasteiger partial charge is 0.266 e. The van der Waals surface area contributed by atoms with E-state index < -0.39 is 20.7 Å². The van der Waals surface area contributed by atoms with Gasteiger partial charge in [-0.3, -0.25) is 14.8 Å². The van der Waals surface area contributed by atoms with Crippen LogP contribution in [0.3, 0.4) is 0 Å². The first-order chi connectivity index (χ1) is 9.89. The minimum Gasteiger partial charge on any atom is -0.266 e. The Kier molecular flexibility index (Phi) is 4.53. The molecule has 0 saturated heterocycles.